The van der Waals surface area contributed by atoms with E-state index in [4.69, 9.17) is 24.9 Å². The Bertz CT molecular complexity index is 1800. The molecule has 43 heavy (non-hydrogen) atoms. The summed E-state index contributed by atoms with van der Waals surface area (Å²) in [6.07, 6.45) is 5.14. The Morgan fingerprint density at radius 1 is 1.05 bits per heavy atom. The Hall–Kier alpha value is -3.38. The molecule has 0 spiro atoms. The van der Waals surface area contributed by atoms with Crippen molar-refractivity contribution in [3.8, 4) is 5.75 Å². The Balaban J connectivity index is 1.16. The first-order valence-corrected chi connectivity index (χ1v) is 16.1. The molecule has 0 aliphatic carbocycles. The Morgan fingerprint density at radius 3 is 2.65 bits per heavy atom. The molecule has 3 aromatic heterocycles. The van der Waals surface area contributed by atoms with E-state index in [1.165, 1.54) is 11.9 Å². The Kier molecular flexibility index (Phi) is 7.45. The number of aryl methyl sites for hydroxylation is 1. The van der Waals surface area contributed by atoms with Crippen LogP contribution in [0.25, 0.3) is 21.9 Å². The first-order chi connectivity index (χ1) is 20.8. The molecule has 0 saturated carbocycles. The van der Waals surface area contributed by atoms with E-state index in [1.807, 2.05) is 56.1 Å². The van der Waals surface area contributed by atoms with Crippen LogP contribution in [0.1, 0.15) is 36.8 Å². The van der Waals surface area contributed by atoms with Gasteiger partial charge in [0.2, 0.25) is 0 Å². The highest BCUT2D eigenvalue weighted by Gasteiger charge is 2.55. The lowest BCUT2D eigenvalue weighted by atomic mass is 10.00. The minimum absolute atomic E-state index is 0.00271. The van der Waals surface area contributed by atoms with Crippen LogP contribution < -0.4 is 15.8 Å². The van der Waals surface area contributed by atoms with Crippen molar-refractivity contribution in [2.24, 2.45) is 0 Å². The van der Waals surface area contributed by atoms with Crippen LogP contribution in [-0.2, 0) is 22.4 Å². The van der Waals surface area contributed by atoms with Gasteiger partial charge < -0.3 is 29.8 Å². The summed E-state index contributed by atoms with van der Waals surface area (Å²) in [6, 6.07) is 18.4. The highest BCUT2D eigenvalue weighted by molar-refractivity contribution is 9.10. The molecule has 11 heteroatoms. The monoisotopic (exact) mass is 660 g/mol. The van der Waals surface area contributed by atoms with E-state index in [9.17, 15) is 0 Å². The number of rotatable bonds is 8. The van der Waals surface area contributed by atoms with E-state index in [0.29, 0.717) is 12.4 Å². The van der Waals surface area contributed by atoms with Gasteiger partial charge in [0, 0.05) is 23.4 Å². The lowest BCUT2D eigenvalue weighted by Crippen LogP contribution is -2.29. The molecule has 5 heterocycles. The van der Waals surface area contributed by atoms with Crippen LogP contribution >= 0.6 is 27.7 Å². The van der Waals surface area contributed by atoms with Gasteiger partial charge in [0.05, 0.1) is 22.5 Å². The summed E-state index contributed by atoms with van der Waals surface area (Å²) in [6.45, 7) is 4.63. The molecule has 0 radical (unpaired) electrons. The molecule has 2 fully saturated rings. The Labute approximate surface area is 262 Å². The maximum Gasteiger partial charge on any atom is 0.163 e. The third kappa shape index (κ3) is 5.32. The molecule has 0 unspecified atom stereocenters. The lowest BCUT2D eigenvalue weighted by Gasteiger charge is -2.24. The number of hydrogen-bond acceptors (Lipinski definition) is 9. The van der Waals surface area contributed by atoms with Gasteiger partial charge >= 0.3 is 0 Å². The number of halogens is 1. The molecule has 2 aromatic carbocycles. The van der Waals surface area contributed by atoms with Crippen molar-refractivity contribution in [1.82, 2.24) is 19.5 Å². The van der Waals surface area contributed by atoms with Crippen LogP contribution in [0.2, 0.25) is 0 Å². The van der Waals surface area contributed by atoms with Crippen molar-refractivity contribution in [3.05, 3.63) is 82.7 Å². The molecule has 0 bridgehead atoms. The summed E-state index contributed by atoms with van der Waals surface area (Å²) in [7, 11) is 1.68. The molecule has 2 aliphatic rings. The average molecular weight is 662 g/mol. The second kappa shape index (κ2) is 11.3. The van der Waals surface area contributed by atoms with Gasteiger partial charge in [-0.1, -0.05) is 30.3 Å². The molecule has 4 atom stereocenters. The molecule has 2 aliphatic heterocycles. The van der Waals surface area contributed by atoms with Gasteiger partial charge in [-0.05, 0) is 78.0 Å². The number of thioether (sulfide) groups is 1. The molecule has 3 N–H and O–H groups in total. The predicted octanol–water partition coefficient (Wildman–Crippen LogP) is 6.71. The number of nitrogens with one attached hydrogen (secondary N) is 1. The van der Waals surface area contributed by atoms with Crippen molar-refractivity contribution >= 4 is 61.3 Å². The summed E-state index contributed by atoms with van der Waals surface area (Å²) in [5, 5.41) is 5.76. The van der Waals surface area contributed by atoms with Crippen molar-refractivity contribution in [3.63, 3.8) is 0 Å². The smallest absolute Gasteiger partial charge is 0.163 e. The first-order valence-electron chi connectivity index (χ1n) is 14.3. The number of para-hydroxylation sites is 1. The van der Waals surface area contributed by atoms with Crippen LogP contribution in [-0.4, -0.2) is 49.9 Å². The minimum atomic E-state index is -0.660. The topological polar surface area (TPSA) is 109 Å². The molecular formula is C32H33BrN6O3S. The standard InChI is InChI=1S/C32H33BrN6O3S/c1-32(2)41-26-24(43-31(27(26)42-32)39-15-14-22-28(34)36-17-37-30(22)39)13-12-21-20-6-4-5-7-23(20)38-29(25(21)33)35-16-18-8-10-19(40-3)11-9-18/h4-11,14-15,17,24,26-27,31H,12-13,16H2,1-3H3,(H,35,38)(H2,34,36,37)/t24-,26-,27-,31-/m1/s1. The number of pyridine rings is 1. The van der Waals surface area contributed by atoms with Crippen molar-refractivity contribution in [1.29, 1.82) is 0 Å². The zero-order chi connectivity index (χ0) is 29.7. The fraction of sp³-hybridized carbons (Fsp3) is 0.344. The van der Waals surface area contributed by atoms with Gasteiger partial charge in [0.15, 0.2) is 5.79 Å². The molecule has 5 aromatic rings. The zero-order valence-electron chi connectivity index (χ0n) is 24.2. The first kappa shape index (κ1) is 28.4. The van der Waals surface area contributed by atoms with Crippen molar-refractivity contribution in [2.45, 2.75) is 61.9 Å². The fourth-order valence-electron chi connectivity index (χ4n) is 6.15. The maximum absolute atomic E-state index is 6.52. The van der Waals surface area contributed by atoms with Crippen LogP contribution in [0.15, 0.2) is 71.6 Å². The zero-order valence-corrected chi connectivity index (χ0v) is 26.6. The SMILES string of the molecule is COc1ccc(CNc2nc3ccccc3c(CC[C@H]3S[C@@H](n4ccc5c(N)ncnc54)[C@@H]4OC(C)(C)O[C@@H]43)c2Br)cc1. The fourth-order valence-corrected chi connectivity index (χ4v) is 8.43. The molecule has 9 nitrogen and oxygen atoms in total. The third-order valence-corrected chi connectivity index (χ3v) is 10.7. The average Bonchev–Trinajstić information content (AvgIpc) is 3.67. The number of hydrogen-bond donors (Lipinski definition) is 2. The van der Waals surface area contributed by atoms with Gasteiger partial charge in [-0.25, -0.2) is 15.0 Å². The number of nitrogens with zero attached hydrogens (tertiary/aromatic N) is 4. The van der Waals surface area contributed by atoms with Gasteiger partial charge in [0.25, 0.3) is 0 Å². The largest absolute Gasteiger partial charge is 0.497 e. The van der Waals surface area contributed by atoms with E-state index < -0.39 is 5.79 Å². The number of anilines is 2. The van der Waals surface area contributed by atoms with E-state index in [1.54, 1.807) is 7.11 Å². The van der Waals surface area contributed by atoms with Gasteiger partial charge in [-0.3, -0.25) is 0 Å². The highest BCUT2D eigenvalue weighted by atomic mass is 79.9. The van der Waals surface area contributed by atoms with E-state index in [-0.39, 0.29) is 22.8 Å². The highest BCUT2D eigenvalue weighted by Crippen LogP contribution is 2.53. The third-order valence-electron chi connectivity index (χ3n) is 8.17. The van der Waals surface area contributed by atoms with Crippen LogP contribution in [0.3, 0.4) is 0 Å². The molecule has 2 saturated heterocycles. The van der Waals surface area contributed by atoms with Crippen LogP contribution in [0.5, 0.6) is 5.75 Å². The van der Waals surface area contributed by atoms with E-state index in [2.05, 4.69) is 66.1 Å². The molecule has 222 valence electrons. The predicted molar refractivity (Wildman–Crippen MR) is 174 cm³/mol. The number of ether oxygens (including phenoxy) is 3. The molecular weight excluding hydrogens is 628 g/mol. The summed E-state index contributed by atoms with van der Waals surface area (Å²) in [5.74, 6) is 1.49. The number of nitrogens with two attached hydrogens (primary N) is 1. The molecule has 0 amide bonds. The number of benzene rings is 2. The second-order valence-electron chi connectivity index (χ2n) is 11.4. The number of fused-ring (bicyclic) bond motifs is 3. The summed E-state index contributed by atoms with van der Waals surface area (Å²) < 4.78 is 21.5. The van der Waals surface area contributed by atoms with Crippen molar-refractivity contribution in [2.75, 3.05) is 18.2 Å². The van der Waals surface area contributed by atoms with Crippen LogP contribution in [0, 0.1) is 0 Å². The summed E-state index contributed by atoms with van der Waals surface area (Å²) in [4.78, 5) is 13.7. The summed E-state index contributed by atoms with van der Waals surface area (Å²) >= 11 is 5.80. The van der Waals surface area contributed by atoms with Crippen LogP contribution in [0.4, 0.5) is 11.6 Å². The van der Waals surface area contributed by atoms with E-state index >= 15 is 0 Å². The Morgan fingerprint density at radius 2 is 1.84 bits per heavy atom. The van der Waals surface area contributed by atoms with Gasteiger partial charge in [-0.2, -0.15) is 0 Å². The van der Waals surface area contributed by atoms with Gasteiger partial charge in [-0.15, -0.1) is 11.8 Å². The van der Waals surface area contributed by atoms with Gasteiger partial charge in [0.1, 0.15) is 46.9 Å². The molecule has 7 rings (SSSR count). The summed E-state index contributed by atoms with van der Waals surface area (Å²) in [5.41, 5.74) is 10.3. The quantitative estimate of drug-likeness (QED) is 0.188. The lowest BCUT2D eigenvalue weighted by molar-refractivity contribution is -0.148. The number of nitrogen functional groups attached to an aromatic ring is 1. The number of methoxy groups -OCH3 is 1. The minimum Gasteiger partial charge on any atom is -0.497 e. The second-order valence-corrected chi connectivity index (χ2v) is 13.5. The maximum atomic E-state index is 6.52. The van der Waals surface area contributed by atoms with Crippen molar-refractivity contribution < 1.29 is 14.2 Å². The number of aromatic nitrogens is 4. The normalized spacial score (nSPS) is 22.7. The van der Waals surface area contributed by atoms with E-state index in [0.717, 1.165) is 56.4 Å².